The van der Waals surface area contributed by atoms with Gasteiger partial charge in [0.25, 0.3) is 0 Å². The molecule has 1 atom stereocenters. The summed E-state index contributed by atoms with van der Waals surface area (Å²) in [5.41, 5.74) is 12.4. The van der Waals surface area contributed by atoms with Crippen molar-refractivity contribution in [1.29, 1.82) is 5.26 Å². The highest BCUT2D eigenvalue weighted by molar-refractivity contribution is 7.07. The molecule has 3 heterocycles. The van der Waals surface area contributed by atoms with E-state index in [1.807, 2.05) is 36.8 Å². The van der Waals surface area contributed by atoms with Crippen LogP contribution in [0.15, 0.2) is 59.3 Å². The van der Waals surface area contributed by atoms with Crippen molar-refractivity contribution in [2.24, 2.45) is 0 Å². The van der Waals surface area contributed by atoms with Crippen LogP contribution in [-0.4, -0.2) is 47.1 Å². The Bertz CT molecular complexity index is 1570. The van der Waals surface area contributed by atoms with Crippen molar-refractivity contribution in [3.05, 3.63) is 86.4 Å². The van der Waals surface area contributed by atoms with Gasteiger partial charge in [-0.05, 0) is 44.4 Å². The van der Waals surface area contributed by atoms with Gasteiger partial charge in [-0.3, -0.25) is 9.99 Å². The Morgan fingerprint density at radius 3 is 2.72 bits per heavy atom. The number of benzene rings is 2. The molecule has 4 N–H and O–H groups in total. The number of pyridine rings is 1. The number of nitrogens with zero attached hydrogens (tertiary/aromatic N) is 5. The minimum atomic E-state index is -0.533. The summed E-state index contributed by atoms with van der Waals surface area (Å²) >= 11 is 14.2. The van der Waals surface area contributed by atoms with Crippen LogP contribution in [0.3, 0.4) is 0 Å². The lowest BCUT2D eigenvalue weighted by molar-refractivity contribution is 0.239. The second kappa shape index (κ2) is 11.6. The van der Waals surface area contributed by atoms with Crippen molar-refractivity contribution in [3.63, 3.8) is 0 Å². The van der Waals surface area contributed by atoms with Crippen molar-refractivity contribution < 1.29 is 4.39 Å². The quantitative estimate of drug-likeness (QED) is 0.199. The van der Waals surface area contributed by atoms with Crippen LogP contribution in [0.5, 0.6) is 0 Å². The van der Waals surface area contributed by atoms with E-state index in [-0.39, 0.29) is 11.1 Å². The van der Waals surface area contributed by atoms with E-state index in [4.69, 9.17) is 23.2 Å². The number of anilines is 3. The van der Waals surface area contributed by atoms with Crippen LogP contribution < -0.4 is 21.6 Å². The number of halogens is 3. The molecule has 0 fully saturated rings. The Morgan fingerprint density at radius 2 is 2.00 bits per heavy atom. The molecule has 1 aliphatic rings. The van der Waals surface area contributed by atoms with Crippen LogP contribution in [-0.2, 0) is 0 Å². The fourth-order valence-corrected chi connectivity index (χ4v) is 5.09. The number of nitrogens with one attached hydrogen (secondary N) is 4. The molecule has 0 saturated heterocycles. The smallest absolute Gasteiger partial charge is 0.141 e. The van der Waals surface area contributed by atoms with Gasteiger partial charge >= 0.3 is 0 Å². The van der Waals surface area contributed by atoms with Crippen molar-refractivity contribution in [2.75, 3.05) is 37.8 Å². The summed E-state index contributed by atoms with van der Waals surface area (Å²) < 4.78 is 13.7. The molecule has 2 aromatic heterocycles. The molecule has 5 rings (SSSR count). The van der Waals surface area contributed by atoms with Gasteiger partial charge in [-0.25, -0.2) is 9.37 Å². The zero-order chi connectivity index (χ0) is 27.5. The Labute approximate surface area is 238 Å². The maximum Gasteiger partial charge on any atom is 0.141 e. The molecule has 1 aliphatic heterocycles. The second-order valence-corrected chi connectivity index (χ2v) is 10.6. The van der Waals surface area contributed by atoms with Gasteiger partial charge in [0.1, 0.15) is 17.9 Å². The van der Waals surface area contributed by atoms with Crippen LogP contribution >= 0.6 is 34.5 Å². The van der Waals surface area contributed by atoms with Crippen molar-refractivity contribution >= 4 is 62.5 Å². The molecule has 0 amide bonds. The Morgan fingerprint density at radius 1 is 1.18 bits per heavy atom. The zero-order valence-electron chi connectivity index (χ0n) is 21.0. The Kier molecular flexibility index (Phi) is 8.02. The predicted molar refractivity (Wildman–Crippen MR) is 154 cm³/mol. The third kappa shape index (κ3) is 6.00. The van der Waals surface area contributed by atoms with Gasteiger partial charge in [0.05, 0.1) is 43.7 Å². The fourth-order valence-electron chi connectivity index (χ4n) is 4.07. The van der Waals surface area contributed by atoms with E-state index < -0.39 is 5.82 Å². The maximum atomic E-state index is 13.7. The van der Waals surface area contributed by atoms with Crippen molar-refractivity contribution in [3.8, 4) is 6.07 Å². The monoisotopic (exact) mass is 583 g/mol. The zero-order valence-corrected chi connectivity index (χ0v) is 23.3. The number of likely N-dealkylation sites (N-methyl/N-ethyl adjacent to an activating group) is 1. The summed E-state index contributed by atoms with van der Waals surface area (Å²) in [6.45, 7) is 1.65. The summed E-state index contributed by atoms with van der Waals surface area (Å²) in [4.78, 5) is 11.1. The predicted octanol–water partition coefficient (Wildman–Crippen LogP) is 5.63. The van der Waals surface area contributed by atoms with Gasteiger partial charge in [-0.2, -0.15) is 5.26 Å². The molecule has 0 unspecified atom stereocenters. The van der Waals surface area contributed by atoms with Gasteiger partial charge in [-0.15, -0.1) is 16.9 Å². The van der Waals surface area contributed by atoms with E-state index in [0.717, 1.165) is 24.5 Å². The third-order valence-electron chi connectivity index (χ3n) is 6.03. The van der Waals surface area contributed by atoms with Crippen LogP contribution in [0.4, 0.5) is 21.5 Å². The molecular weight excluding hydrogens is 560 g/mol. The highest BCUT2D eigenvalue weighted by Crippen LogP contribution is 2.37. The topological polar surface area (TPSA) is 104 Å². The normalized spacial score (nSPS) is 13.8. The molecule has 4 aromatic rings. The number of thiazole rings is 1. The lowest BCUT2D eigenvalue weighted by atomic mass is 10.1. The van der Waals surface area contributed by atoms with E-state index in [0.29, 0.717) is 38.6 Å². The van der Waals surface area contributed by atoms with E-state index in [1.54, 1.807) is 17.6 Å². The lowest BCUT2D eigenvalue weighted by Gasteiger charge is -2.20. The number of hydrazine groups is 2. The Hall–Kier alpha value is -3.66. The number of hydrogen-bond donors (Lipinski definition) is 4. The Balaban J connectivity index is 1.52. The van der Waals surface area contributed by atoms with Gasteiger partial charge in [0.15, 0.2) is 0 Å². The SMILES string of the molecule is CN(C)CCN1C=C([C@@H](Nc2cc(Cl)c3ncc(C#N)c(Nc4ccc(F)c(Cl)c4)c3c2)c2cscn2)NN1. The standard InChI is InChI=1S/C26H24Cl2FN9S/c1-37(2)5-6-38-12-22(35-36-38)26(23-13-39-14-32-23)34-17-7-18-24(33-16-3-4-21(29)19(27)8-16)15(10-30)11-31-25(18)20(28)9-17/h3-4,7-9,11-14,26,34-36H,5-6H2,1-2H3,(H,31,33)/t26-/m1/s1. The summed E-state index contributed by atoms with van der Waals surface area (Å²) in [7, 11) is 4.05. The molecule has 0 bridgehead atoms. The van der Waals surface area contributed by atoms with Crippen LogP contribution in [0.1, 0.15) is 17.3 Å². The van der Waals surface area contributed by atoms with Gasteiger partial charge in [-0.1, -0.05) is 23.2 Å². The van der Waals surface area contributed by atoms with Gasteiger partial charge < -0.3 is 21.0 Å². The van der Waals surface area contributed by atoms with Crippen molar-refractivity contribution in [1.82, 2.24) is 30.8 Å². The van der Waals surface area contributed by atoms with Gasteiger partial charge in [0.2, 0.25) is 0 Å². The lowest BCUT2D eigenvalue weighted by Crippen LogP contribution is -2.40. The molecule has 0 aliphatic carbocycles. The summed E-state index contributed by atoms with van der Waals surface area (Å²) in [6.07, 6.45) is 3.46. The van der Waals surface area contributed by atoms with E-state index >= 15 is 0 Å². The molecule has 0 spiro atoms. The second-order valence-electron chi connectivity index (χ2n) is 9.08. The van der Waals surface area contributed by atoms with Crippen LogP contribution in [0.2, 0.25) is 10.0 Å². The first kappa shape index (κ1) is 26.9. The molecule has 9 nitrogen and oxygen atoms in total. The number of rotatable bonds is 9. The van der Waals surface area contributed by atoms with Crippen LogP contribution in [0, 0.1) is 17.1 Å². The summed E-state index contributed by atoms with van der Waals surface area (Å²) in [5, 5.41) is 21.5. The van der Waals surface area contributed by atoms with E-state index in [9.17, 15) is 9.65 Å². The maximum absolute atomic E-state index is 13.7. The number of nitriles is 1. The van der Waals surface area contributed by atoms with E-state index in [2.05, 4.69) is 42.5 Å². The first-order chi connectivity index (χ1) is 18.8. The summed E-state index contributed by atoms with van der Waals surface area (Å²) in [5.74, 6) is -0.533. The highest BCUT2D eigenvalue weighted by Gasteiger charge is 2.24. The molecule has 200 valence electrons. The molecule has 0 saturated carbocycles. The molecule has 0 radical (unpaired) electrons. The average molecular weight is 585 g/mol. The minimum Gasteiger partial charge on any atom is -0.371 e. The van der Waals surface area contributed by atoms with Gasteiger partial charge in [0, 0.05) is 47.6 Å². The molecular formula is C26H24Cl2FN9S. The van der Waals surface area contributed by atoms with E-state index in [1.165, 1.54) is 29.7 Å². The largest absolute Gasteiger partial charge is 0.371 e. The fraction of sp³-hybridized carbons (Fsp3) is 0.192. The minimum absolute atomic E-state index is 0.0334. The average Bonchev–Trinajstić information content (AvgIpc) is 3.61. The number of aromatic nitrogens is 2. The first-order valence-corrected chi connectivity index (χ1v) is 13.6. The number of fused-ring (bicyclic) bond motifs is 1. The highest BCUT2D eigenvalue weighted by atomic mass is 35.5. The van der Waals surface area contributed by atoms with Crippen LogP contribution in [0.25, 0.3) is 10.9 Å². The molecule has 39 heavy (non-hydrogen) atoms. The van der Waals surface area contributed by atoms with Crippen molar-refractivity contribution in [2.45, 2.75) is 6.04 Å². The molecule has 13 heteroatoms. The third-order valence-corrected chi connectivity index (χ3v) is 7.21. The molecule has 2 aromatic carbocycles. The number of hydrogen-bond acceptors (Lipinski definition) is 10. The summed E-state index contributed by atoms with van der Waals surface area (Å²) in [6, 6.07) is 9.77. The first-order valence-electron chi connectivity index (χ1n) is 11.9.